The fourth-order valence-electron chi connectivity index (χ4n) is 7.11. The maximum Gasteiger partial charge on any atom is 0.243 e. The third-order valence-corrected chi connectivity index (χ3v) is 10.5. The molecule has 7 rings (SSSR count). The van der Waals surface area contributed by atoms with Gasteiger partial charge in [-0.3, -0.25) is 9.59 Å². The van der Waals surface area contributed by atoms with E-state index < -0.39 is 10.8 Å². The van der Waals surface area contributed by atoms with Crippen LogP contribution in [-0.2, 0) is 45.7 Å². The number of nitrogens with one attached hydrogen (secondary N) is 2. The van der Waals surface area contributed by atoms with Crippen LogP contribution in [0.1, 0.15) is 33.4 Å². The van der Waals surface area contributed by atoms with Gasteiger partial charge in [0.2, 0.25) is 11.8 Å². The van der Waals surface area contributed by atoms with Crippen LogP contribution < -0.4 is 10.6 Å². The lowest BCUT2D eigenvalue weighted by atomic mass is 9.68. The normalized spacial score (nSPS) is 11.4. The molecule has 0 aliphatic rings. The quantitative estimate of drug-likeness (QED) is 0.110. The molecule has 254 valence electrons. The van der Waals surface area contributed by atoms with Crippen molar-refractivity contribution in [1.82, 2.24) is 0 Å². The van der Waals surface area contributed by atoms with Crippen molar-refractivity contribution >= 4 is 48.4 Å². The number of anilines is 2. The first-order valence-electron chi connectivity index (χ1n) is 16.9. The molecule has 0 heterocycles. The van der Waals surface area contributed by atoms with Crippen LogP contribution >= 0.6 is 0 Å². The number of carbonyl (C=O) groups excluding carboxylic acids is 2. The van der Waals surface area contributed by atoms with Gasteiger partial charge in [-0.2, -0.15) is 9.79 Å². The summed E-state index contributed by atoms with van der Waals surface area (Å²) >= 11 is 11.9. The number of carbonyl (C=O) groups is 2. The third-order valence-electron chi connectivity index (χ3n) is 9.53. The molecule has 0 aliphatic carbocycles. The van der Waals surface area contributed by atoms with Gasteiger partial charge in [-0.25, -0.2) is 0 Å². The molecule has 2 N–H and O–H groups in total. The summed E-state index contributed by atoms with van der Waals surface area (Å²) in [6.07, 6.45) is 0. The van der Waals surface area contributed by atoms with E-state index in [4.69, 9.17) is 25.3 Å². The molecule has 4 nitrogen and oxygen atoms in total. The SMILES string of the molecule is O=C(Nc1ccc(NC(=O)C(c2ccccc2)(c2ccccc2)c2ccccc2)c([S-])c1[S-])C(c1ccccc1)(c1ccccc1)c1ccccc1. The van der Waals surface area contributed by atoms with Crippen LogP contribution in [-0.4, -0.2) is 11.8 Å². The zero-order valence-electron chi connectivity index (χ0n) is 28.1. The minimum Gasteiger partial charge on any atom is -0.779 e. The first-order valence-corrected chi connectivity index (χ1v) is 17.8. The molecular weight excluding hydrogens is 677 g/mol. The standard InChI is InChI=1S/C46H36N2O2S2/c49-43(45(33-19-7-1-8-20-33,34-21-9-2-10-22-34)35-23-11-3-12-24-35)47-39-31-32-40(42(52)41(39)51)48-44(50)46(36-25-13-4-14-26-36,37-27-15-5-16-28-37)38-29-17-6-18-30-38/h1-32,51-52H,(H,47,49)(H,48,50)/p-2. The number of hydrogen-bond donors (Lipinski definition) is 2. The van der Waals surface area contributed by atoms with Gasteiger partial charge in [0, 0.05) is 11.4 Å². The summed E-state index contributed by atoms with van der Waals surface area (Å²) in [5, 5.41) is 6.31. The van der Waals surface area contributed by atoms with Crippen LogP contribution in [0.5, 0.6) is 0 Å². The molecule has 0 aromatic heterocycles. The van der Waals surface area contributed by atoms with Gasteiger partial charge in [-0.15, -0.1) is 0 Å². The van der Waals surface area contributed by atoms with E-state index in [1.54, 1.807) is 12.1 Å². The minimum absolute atomic E-state index is 0.258. The van der Waals surface area contributed by atoms with Crippen LogP contribution in [0.2, 0.25) is 0 Å². The molecule has 0 saturated carbocycles. The van der Waals surface area contributed by atoms with E-state index in [-0.39, 0.29) is 21.6 Å². The van der Waals surface area contributed by atoms with Crippen molar-refractivity contribution in [3.05, 3.63) is 228 Å². The Balaban J connectivity index is 1.30. The van der Waals surface area contributed by atoms with Crippen LogP contribution in [0.3, 0.4) is 0 Å². The van der Waals surface area contributed by atoms with Gasteiger partial charge >= 0.3 is 0 Å². The van der Waals surface area contributed by atoms with Crippen LogP contribution in [0.15, 0.2) is 204 Å². The largest absolute Gasteiger partial charge is 0.779 e. The number of hydrogen-bond acceptors (Lipinski definition) is 4. The van der Waals surface area contributed by atoms with Gasteiger partial charge in [0.25, 0.3) is 0 Å². The van der Waals surface area contributed by atoms with Crippen LogP contribution in [0.4, 0.5) is 11.4 Å². The zero-order chi connectivity index (χ0) is 36.0. The van der Waals surface area contributed by atoms with Crippen molar-refractivity contribution in [3.63, 3.8) is 0 Å². The van der Waals surface area contributed by atoms with Crippen molar-refractivity contribution in [2.45, 2.75) is 20.6 Å². The average molecular weight is 711 g/mol. The Morgan fingerprint density at radius 2 is 0.519 bits per heavy atom. The van der Waals surface area contributed by atoms with E-state index in [0.29, 0.717) is 11.4 Å². The Bertz CT molecular complexity index is 1930. The second-order valence-corrected chi connectivity index (χ2v) is 13.2. The number of rotatable bonds is 10. The van der Waals surface area contributed by atoms with E-state index in [1.165, 1.54) is 0 Å². The highest BCUT2D eigenvalue weighted by atomic mass is 32.1. The van der Waals surface area contributed by atoms with Crippen LogP contribution in [0.25, 0.3) is 0 Å². The summed E-state index contributed by atoms with van der Waals surface area (Å²) in [6.45, 7) is 0. The first kappa shape index (κ1) is 34.4. The smallest absolute Gasteiger partial charge is 0.243 e. The summed E-state index contributed by atoms with van der Waals surface area (Å²) in [7, 11) is 0. The summed E-state index contributed by atoms with van der Waals surface area (Å²) in [5.74, 6) is -0.575. The van der Waals surface area contributed by atoms with Crippen molar-refractivity contribution in [2.75, 3.05) is 10.6 Å². The molecule has 0 aliphatic heterocycles. The highest BCUT2D eigenvalue weighted by Gasteiger charge is 2.45. The second kappa shape index (κ2) is 15.0. The molecule has 0 unspecified atom stereocenters. The molecule has 52 heavy (non-hydrogen) atoms. The fraction of sp³-hybridized carbons (Fsp3) is 0.0435. The first-order chi connectivity index (χ1) is 25.5. The molecule has 0 atom stereocenters. The topological polar surface area (TPSA) is 58.2 Å². The van der Waals surface area contributed by atoms with Crippen molar-refractivity contribution < 1.29 is 9.59 Å². The van der Waals surface area contributed by atoms with Gasteiger partial charge in [0.1, 0.15) is 10.8 Å². The van der Waals surface area contributed by atoms with Gasteiger partial charge in [0.15, 0.2) is 0 Å². The Morgan fingerprint density at radius 1 is 0.327 bits per heavy atom. The summed E-state index contributed by atoms with van der Waals surface area (Å²) in [4.78, 5) is 30.3. The predicted molar refractivity (Wildman–Crippen MR) is 213 cm³/mol. The van der Waals surface area contributed by atoms with E-state index in [1.807, 2.05) is 182 Å². The highest BCUT2D eigenvalue weighted by molar-refractivity contribution is 7.62. The van der Waals surface area contributed by atoms with E-state index in [0.717, 1.165) is 33.4 Å². The molecule has 0 spiro atoms. The lowest BCUT2D eigenvalue weighted by Crippen LogP contribution is -2.43. The molecule has 2 amide bonds. The Labute approximate surface area is 315 Å². The van der Waals surface area contributed by atoms with Crippen molar-refractivity contribution in [3.8, 4) is 0 Å². The average Bonchev–Trinajstić information content (AvgIpc) is 3.21. The Hall–Kier alpha value is -6.08. The van der Waals surface area contributed by atoms with Gasteiger partial charge in [-0.1, -0.05) is 182 Å². The highest BCUT2D eigenvalue weighted by Crippen LogP contribution is 2.43. The molecule has 0 saturated heterocycles. The lowest BCUT2D eigenvalue weighted by Gasteiger charge is -2.37. The minimum atomic E-state index is -1.21. The van der Waals surface area contributed by atoms with Gasteiger partial charge in [-0.05, 0) is 45.5 Å². The van der Waals surface area contributed by atoms with Gasteiger partial charge < -0.3 is 35.9 Å². The van der Waals surface area contributed by atoms with Crippen molar-refractivity contribution in [2.24, 2.45) is 0 Å². The molecule has 0 radical (unpaired) electrons. The predicted octanol–water partition coefficient (Wildman–Crippen LogP) is 9.44. The van der Waals surface area contributed by atoms with Gasteiger partial charge in [0.05, 0.1) is 0 Å². The molecular formula is C46H34N2O2S2-2. The van der Waals surface area contributed by atoms with E-state index in [9.17, 15) is 9.59 Å². The van der Waals surface area contributed by atoms with E-state index in [2.05, 4.69) is 10.6 Å². The third kappa shape index (κ3) is 6.13. The monoisotopic (exact) mass is 710 g/mol. The Kier molecular flexibility index (Phi) is 9.94. The number of amides is 2. The Morgan fingerprint density at radius 3 is 0.712 bits per heavy atom. The van der Waals surface area contributed by atoms with Crippen LogP contribution in [0, 0.1) is 0 Å². The molecule has 7 aromatic rings. The second-order valence-electron chi connectivity index (χ2n) is 12.4. The molecule has 6 heteroatoms. The molecule has 7 aromatic carbocycles. The molecule has 0 fully saturated rings. The summed E-state index contributed by atoms with van der Waals surface area (Å²) < 4.78 is 0. The zero-order valence-corrected chi connectivity index (χ0v) is 29.7. The summed E-state index contributed by atoms with van der Waals surface area (Å²) in [5.41, 5.74) is 3.17. The fourth-order valence-corrected chi connectivity index (χ4v) is 7.57. The van der Waals surface area contributed by atoms with Crippen molar-refractivity contribution in [1.29, 1.82) is 0 Å². The summed E-state index contributed by atoms with van der Waals surface area (Å²) in [6, 6.07) is 61.7. The maximum atomic E-state index is 14.9. The molecule has 0 bridgehead atoms. The maximum absolute atomic E-state index is 14.9. The lowest BCUT2D eigenvalue weighted by molar-refractivity contribution is -0.119. The number of benzene rings is 7. The van der Waals surface area contributed by atoms with E-state index >= 15 is 0 Å².